The van der Waals surface area contributed by atoms with Gasteiger partial charge < -0.3 is 15.2 Å². The summed E-state index contributed by atoms with van der Waals surface area (Å²) in [5.74, 6) is -4.73. The van der Waals surface area contributed by atoms with Gasteiger partial charge in [0.25, 0.3) is 5.56 Å². The van der Waals surface area contributed by atoms with Gasteiger partial charge in [-0.3, -0.25) is 9.36 Å². The molecule has 0 aliphatic carbocycles. The van der Waals surface area contributed by atoms with Gasteiger partial charge in [-0.15, -0.1) is 11.3 Å². The number of esters is 2. The van der Waals surface area contributed by atoms with Gasteiger partial charge in [-0.25, -0.2) is 18.4 Å². The Morgan fingerprint density at radius 1 is 0.971 bits per heavy atom. The summed E-state index contributed by atoms with van der Waals surface area (Å²) in [6.07, 6.45) is 1.31. The standard InChI is InChI=1S/C24H18F2N2O5S/c1-32-23(30)18-17(13-8-4-6-10-15(13)26)19(24(31)33-2)22-28(20(18)27)21(29)16(34-22)11-12-7-3-5-9-14(12)25/h3-11,17H,27H2,1-2H3/b16-11+. The highest BCUT2D eigenvalue weighted by Crippen LogP contribution is 2.38. The molecular weight excluding hydrogens is 466 g/mol. The fourth-order valence-corrected chi connectivity index (χ4v) is 4.98. The van der Waals surface area contributed by atoms with Gasteiger partial charge in [0.15, 0.2) is 0 Å². The number of halogens is 2. The van der Waals surface area contributed by atoms with Crippen LogP contribution in [0.3, 0.4) is 0 Å². The Bertz CT molecular complexity index is 1540. The first-order chi connectivity index (χ1) is 16.3. The largest absolute Gasteiger partial charge is 0.466 e. The monoisotopic (exact) mass is 484 g/mol. The Kier molecular flexibility index (Phi) is 6.16. The van der Waals surface area contributed by atoms with E-state index < -0.39 is 35.1 Å². The summed E-state index contributed by atoms with van der Waals surface area (Å²) in [5, 5.41) is 0. The molecular formula is C24H18F2N2O5S. The minimum atomic E-state index is -1.31. The number of benzene rings is 2. The molecule has 34 heavy (non-hydrogen) atoms. The van der Waals surface area contributed by atoms with Crippen LogP contribution in [0.4, 0.5) is 8.78 Å². The third kappa shape index (κ3) is 3.71. The van der Waals surface area contributed by atoms with E-state index in [-0.39, 0.29) is 37.3 Å². The van der Waals surface area contributed by atoms with Gasteiger partial charge in [0, 0.05) is 11.1 Å². The van der Waals surface area contributed by atoms with Crippen molar-refractivity contribution in [3.05, 3.63) is 96.4 Å². The average Bonchev–Trinajstić information content (AvgIpc) is 3.15. The first kappa shape index (κ1) is 23.1. The van der Waals surface area contributed by atoms with E-state index in [1.54, 1.807) is 6.07 Å². The molecule has 1 aromatic heterocycles. The zero-order valence-corrected chi connectivity index (χ0v) is 18.8. The Morgan fingerprint density at radius 3 is 2.18 bits per heavy atom. The van der Waals surface area contributed by atoms with E-state index in [4.69, 9.17) is 15.2 Å². The van der Waals surface area contributed by atoms with Crippen molar-refractivity contribution in [3.8, 4) is 0 Å². The number of carbonyl (C=O) groups is 2. The number of rotatable bonds is 4. The fourth-order valence-electron chi connectivity index (χ4n) is 3.82. The van der Waals surface area contributed by atoms with Crippen LogP contribution in [-0.4, -0.2) is 30.7 Å². The fraction of sp³-hybridized carbons (Fsp3) is 0.125. The molecule has 0 radical (unpaired) electrons. The molecule has 3 aromatic rings. The molecule has 1 aliphatic rings. The van der Waals surface area contributed by atoms with Crippen molar-refractivity contribution >= 4 is 40.7 Å². The van der Waals surface area contributed by atoms with E-state index in [9.17, 15) is 23.2 Å². The lowest BCUT2D eigenvalue weighted by atomic mass is 9.83. The van der Waals surface area contributed by atoms with Crippen molar-refractivity contribution in [2.75, 3.05) is 14.2 Å². The maximum absolute atomic E-state index is 14.9. The van der Waals surface area contributed by atoms with Crippen LogP contribution in [0.2, 0.25) is 0 Å². The zero-order chi connectivity index (χ0) is 24.6. The van der Waals surface area contributed by atoms with Crippen LogP contribution in [0, 0.1) is 11.6 Å². The van der Waals surface area contributed by atoms with Crippen LogP contribution in [0.15, 0.2) is 58.9 Å². The van der Waals surface area contributed by atoms with Crippen LogP contribution in [0.25, 0.3) is 17.5 Å². The van der Waals surface area contributed by atoms with Crippen LogP contribution in [-0.2, 0) is 19.1 Å². The third-order valence-electron chi connectivity index (χ3n) is 5.37. The molecule has 0 spiro atoms. The predicted octanol–water partition coefficient (Wildman–Crippen LogP) is 1.44. The summed E-state index contributed by atoms with van der Waals surface area (Å²) in [7, 11) is 2.22. The number of nitrogens with two attached hydrogens (primary N) is 1. The smallest absolute Gasteiger partial charge is 0.338 e. The van der Waals surface area contributed by atoms with Crippen molar-refractivity contribution in [1.29, 1.82) is 0 Å². The van der Waals surface area contributed by atoms with Gasteiger partial charge in [0.1, 0.15) is 22.1 Å². The second-order valence-electron chi connectivity index (χ2n) is 7.23. The first-order valence-electron chi connectivity index (χ1n) is 9.93. The molecule has 1 aliphatic heterocycles. The van der Waals surface area contributed by atoms with Gasteiger partial charge in [0.2, 0.25) is 0 Å². The van der Waals surface area contributed by atoms with Crippen molar-refractivity contribution in [2.24, 2.45) is 5.73 Å². The lowest BCUT2D eigenvalue weighted by Gasteiger charge is -2.26. The maximum atomic E-state index is 14.9. The van der Waals surface area contributed by atoms with E-state index in [0.29, 0.717) is 0 Å². The molecule has 0 saturated heterocycles. The third-order valence-corrected chi connectivity index (χ3v) is 6.48. The summed E-state index contributed by atoms with van der Waals surface area (Å²) in [4.78, 5) is 39.0. The average molecular weight is 484 g/mol. The quantitative estimate of drug-likeness (QED) is 0.563. The summed E-state index contributed by atoms with van der Waals surface area (Å²) in [6.45, 7) is 0. The molecule has 2 heterocycles. The number of hydrogen-bond donors (Lipinski definition) is 1. The highest BCUT2D eigenvalue weighted by Gasteiger charge is 2.40. The molecule has 0 bridgehead atoms. The molecule has 0 amide bonds. The van der Waals surface area contributed by atoms with Crippen LogP contribution < -0.4 is 20.5 Å². The molecule has 0 fully saturated rings. The Hall–Kier alpha value is -4.05. The van der Waals surface area contributed by atoms with Gasteiger partial charge in [0.05, 0.1) is 35.8 Å². The molecule has 1 atom stereocenters. The highest BCUT2D eigenvalue weighted by molar-refractivity contribution is 7.07. The van der Waals surface area contributed by atoms with Crippen molar-refractivity contribution < 1.29 is 27.8 Å². The van der Waals surface area contributed by atoms with Crippen molar-refractivity contribution in [2.45, 2.75) is 5.92 Å². The molecule has 10 heteroatoms. The number of methoxy groups -OCH3 is 2. The number of ether oxygens (including phenoxy) is 2. The van der Waals surface area contributed by atoms with Gasteiger partial charge in [-0.1, -0.05) is 36.4 Å². The van der Waals surface area contributed by atoms with Crippen LogP contribution in [0.1, 0.15) is 17.0 Å². The molecule has 2 aromatic carbocycles. The molecule has 1 unspecified atom stereocenters. The minimum Gasteiger partial charge on any atom is -0.466 e. The van der Waals surface area contributed by atoms with E-state index >= 15 is 0 Å². The van der Waals surface area contributed by atoms with E-state index in [1.807, 2.05) is 0 Å². The topological polar surface area (TPSA) is 101 Å². The van der Waals surface area contributed by atoms with Gasteiger partial charge in [-0.2, -0.15) is 0 Å². The number of thiazole rings is 1. The number of carbonyl (C=O) groups excluding carboxylic acids is 2. The summed E-state index contributed by atoms with van der Waals surface area (Å²) in [5.41, 5.74) is 5.22. The molecule has 0 saturated carbocycles. The predicted molar refractivity (Wildman–Crippen MR) is 122 cm³/mol. The number of fused-ring (bicyclic) bond motifs is 1. The van der Waals surface area contributed by atoms with Gasteiger partial charge >= 0.3 is 11.9 Å². The minimum absolute atomic E-state index is 0.0296. The van der Waals surface area contributed by atoms with Crippen molar-refractivity contribution in [1.82, 2.24) is 4.57 Å². The van der Waals surface area contributed by atoms with Crippen LogP contribution >= 0.6 is 11.3 Å². The summed E-state index contributed by atoms with van der Waals surface area (Å²) in [6, 6.07) is 11.4. The summed E-state index contributed by atoms with van der Waals surface area (Å²) < 4.78 is 39.9. The second-order valence-corrected chi connectivity index (χ2v) is 8.26. The van der Waals surface area contributed by atoms with Crippen molar-refractivity contribution in [3.63, 3.8) is 0 Å². The lowest BCUT2D eigenvalue weighted by molar-refractivity contribution is -0.136. The van der Waals surface area contributed by atoms with E-state index in [1.165, 1.54) is 48.5 Å². The Labute approximate surface area is 195 Å². The Morgan fingerprint density at radius 2 is 1.56 bits per heavy atom. The zero-order valence-electron chi connectivity index (χ0n) is 18.0. The van der Waals surface area contributed by atoms with E-state index in [2.05, 4.69) is 0 Å². The maximum Gasteiger partial charge on any atom is 0.338 e. The molecule has 2 N–H and O–H groups in total. The van der Waals surface area contributed by atoms with Crippen LogP contribution in [0.5, 0.6) is 0 Å². The number of aromatic nitrogens is 1. The summed E-state index contributed by atoms with van der Waals surface area (Å²) >= 11 is 0.848. The SMILES string of the molecule is COC(=O)C1=C(N)n2c(s/c(=C/c3ccccc3F)c2=O)=C(C(=O)OC)C1c1ccccc1F. The first-order valence-corrected chi connectivity index (χ1v) is 10.7. The second kappa shape index (κ2) is 9.06. The molecule has 4 rings (SSSR count). The number of nitrogens with zero attached hydrogens (tertiary/aromatic N) is 1. The van der Waals surface area contributed by atoms with E-state index in [0.717, 1.165) is 30.1 Å². The Balaban J connectivity index is 2.17. The molecule has 7 nitrogen and oxygen atoms in total. The lowest BCUT2D eigenvalue weighted by Crippen LogP contribution is -2.41. The molecule has 174 valence electrons. The highest BCUT2D eigenvalue weighted by atomic mass is 32.1. The normalized spacial score (nSPS) is 15.8. The van der Waals surface area contributed by atoms with Gasteiger partial charge in [-0.05, 0) is 18.2 Å². The number of hydrogen-bond acceptors (Lipinski definition) is 7.